The number of hydrogen-bond donors (Lipinski definition) is 3. The van der Waals surface area contributed by atoms with Crippen LogP contribution in [0.3, 0.4) is 0 Å². The largest absolute Gasteiger partial charge is 0.466 e. The third-order valence-corrected chi connectivity index (χ3v) is 19.1. The Kier molecular flexibility index (Phi) is 74.8. The number of hydrogen-bond acceptors (Lipinski definition) is 5. The van der Waals surface area contributed by atoms with Gasteiger partial charge in [-0.2, -0.15) is 0 Å². The zero-order valence-corrected chi connectivity index (χ0v) is 58.8. The molecule has 2 unspecified atom stereocenters. The van der Waals surface area contributed by atoms with Crippen LogP contribution in [-0.2, 0) is 14.3 Å². The predicted molar refractivity (Wildman–Crippen MR) is 380 cm³/mol. The second-order valence-corrected chi connectivity index (χ2v) is 27.8. The van der Waals surface area contributed by atoms with Crippen LogP contribution in [-0.4, -0.2) is 47.4 Å². The number of esters is 1. The molecule has 0 aromatic rings. The minimum atomic E-state index is -0.662. The fraction of sp³-hybridized carbons (Fsp3) is 0.950. The van der Waals surface area contributed by atoms with Crippen molar-refractivity contribution in [2.45, 2.75) is 475 Å². The second kappa shape index (κ2) is 76.1. The van der Waals surface area contributed by atoms with Gasteiger partial charge in [0.05, 0.1) is 25.4 Å². The topological polar surface area (TPSA) is 95.9 Å². The summed E-state index contributed by atoms with van der Waals surface area (Å²) in [6, 6.07) is -0.539. The lowest BCUT2D eigenvalue weighted by atomic mass is 10.0. The number of nitrogens with one attached hydrogen (secondary N) is 1. The maximum absolute atomic E-state index is 12.6. The van der Waals surface area contributed by atoms with Crippen molar-refractivity contribution in [3.05, 3.63) is 12.2 Å². The maximum atomic E-state index is 12.6. The molecule has 6 nitrogen and oxygen atoms in total. The molecule has 0 aromatic carbocycles. The summed E-state index contributed by atoms with van der Waals surface area (Å²) >= 11 is 0. The van der Waals surface area contributed by atoms with E-state index >= 15 is 0 Å². The van der Waals surface area contributed by atoms with Gasteiger partial charge >= 0.3 is 5.97 Å². The first kappa shape index (κ1) is 84.6. The summed E-state index contributed by atoms with van der Waals surface area (Å²) in [5, 5.41) is 23.5. The molecular weight excluding hydrogens is 1050 g/mol. The molecule has 0 radical (unpaired) electrons. The molecule has 0 spiro atoms. The monoisotopic (exact) mass is 1210 g/mol. The third kappa shape index (κ3) is 71.7. The van der Waals surface area contributed by atoms with Crippen LogP contribution in [0, 0.1) is 0 Å². The first-order chi connectivity index (χ1) is 42.5. The summed E-state index contributed by atoms with van der Waals surface area (Å²) in [6.45, 7) is 5.00. The van der Waals surface area contributed by atoms with Gasteiger partial charge in [0.25, 0.3) is 0 Å². The summed E-state index contributed by atoms with van der Waals surface area (Å²) in [6.07, 6.45) is 95.9. The molecular formula is C80H157NO5. The first-order valence-corrected chi connectivity index (χ1v) is 39.9. The number of amides is 1. The Morgan fingerprint density at radius 2 is 0.547 bits per heavy atom. The summed E-state index contributed by atoms with van der Waals surface area (Å²) in [5.74, 6) is -0.0112. The van der Waals surface area contributed by atoms with E-state index < -0.39 is 12.1 Å². The third-order valence-electron chi connectivity index (χ3n) is 19.1. The van der Waals surface area contributed by atoms with Crippen molar-refractivity contribution in [3.63, 3.8) is 0 Å². The average Bonchev–Trinajstić information content (AvgIpc) is 3.54. The van der Waals surface area contributed by atoms with Crippen LogP contribution in [0.5, 0.6) is 0 Å². The lowest BCUT2D eigenvalue weighted by molar-refractivity contribution is -0.143. The van der Waals surface area contributed by atoms with Crippen LogP contribution in [0.2, 0.25) is 0 Å². The predicted octanol–water partition coefficient (Wildman–Crippen LogP) is 26.3. The minimum Gasteiger partial charge on any atom is -0.466 e. The summed E-state index contributed by atoms with van der Waals surface area (Å²) in [4.78, 5) is 24.6. The normalized spacial score (nSPS) is 12.5. The Morgan fingerprint density at radius 3 is 0.826 bits per heavy atom. The highest BCUT2D eigenvalue weighted by Gasteiger charge is 2.20. The number of ether oxygens (including phenoxy) is 1. The van der Waals surface area contributed by atoms with Gasteiger partial charge in [-0.05, 0) is 51.4 Å². The first-order valence-electron chi connectivity index (χ1n) is 39.9. The van der Waals surface area contributed by atoms with Crippen molar-refractivity contribution in [3.8, 4) is 0 Å². The number of aliphatic hydroxyl groups is 2. The maximum Gasteiger partial charge on any atom is 0.305 e. The molecule has 0 saturated carbocycles. The number of aliphatic hydroxyl groups excluding tert-OH is 2. The molecule has 6 heteroatoms. The molecule has 0 aliphatic rings. The van der Waals surface area contributed by atoms with E-state index in [-0.39, 0.29) is 18.5 Å². The van der Waals surface area contributed by atoms with Crippen molar-refractivity contribution in [2.75, 3.05) is 13.2 Å². The van der Waals surface area contributed by atoms with E-state index in [2.05, 4.69) is 31.3 Å². The number of carbonyl (C=O) groups is 2. The van der Waals surface area contributed by atoms with E-state index in [0.717, 1.165) is 44.9 Å². The van der Waals surface area contributed by atoms with Gasteiger partial charge in [0, 0.05) is 12.8 Å². The van der Waals surface area contributed by atoms with Gasteiger partial charge in [-0.3, -0.25) is 9.59 Å². The quantitative estimate of drug-likeness (QED) is 0.0320. The Morgan fingerprint density at radius 1 is 0.314 bits per heavy atom. The number of carbonyl (C=O) groups excluding carboxylic acids is 2. The Hall–Kier alpha value is -1.40. The van der Waals surface area contributed by atoms with E-state index in [1.807, 2.05) is 0 Å². The zero-order valence-electron chi connectivity index (χ0n) is 58.8. The molecule has 0 bridgehead atoms. The van der Waals surface area contributed by atoms with Gasteiger partial charge in [0.2, 0.25) is 5.91 Å². The van der Waals surface area contributed by atoms with Crippen molar-refractivity contribution < 1.29 is 24.5 Å². The number of unbranched alkanes of at least 4 members (excludes halogenated alkanes) is 63. The standard InChI is InChI=1S/C80H157NO5/c1-3-5-7-9-11-13-15-17-19-20-21-22-23-33-36-39-42-45-48-52-56-60-64-68-72-78(83)77(76-82)81-79(84)73-69-65-61-57-53-49-46-43-40-37-34-31-29-27-25-24-26-28-30-32-35-38-41-44-47-51-55-59-63-67-71-75-86-80(85)74-70-66-62-58-54-50-18-16-14-12-10-8-6-4-2/h16,18,77-78,82-83H,3-15,17,19-76H2,1-2H3,(H,81,84)/b18-16-. The van der Waals surface area contributed by atoms with Gasteiger partial charge in [-0.1, -0.05) is 411 Å². The fourth-order valence-corrected chi connectivity index (χ4v) is 13.0. The smallest absolute Gasteiger partial charge is 0.305 e. The number of rotatable bonds is 76. The molecule has 0 heterocycles. The molecule has 0 fully saturated rings. The van der Waals surface area contributed by atoms with Crippen LogP contribution < -0.4 is 5.32 Å². The average molecular weight is 1210 g/mol. The van der Waals surface area contributed by atoms with E-state index in [4.69, 9.17) is 4.74 Å². The summed E-state index contributed by atoms with van der Waals surface area (Å²) in [7, 11) is 0. The Balaban J connectivity index is 3.33. The molecule has 0 aromatic heterocycles. The molecule has 0 saturated heterocycles. The molecule has 0 aliphatic heterocycles. The molecule has 3 N–H and O–H groups in total. The van der Waals surface area contributed by atoms with Gasteiger partial charge in [-0.25, -0.2) is 0 Å². The highest BCUT2D eigenvalue weighted by Crippen LogP contribution is 2.20. The molecule has 1 amide bonds. The highest BCUT2D eigenvalue weighted by molar-refractivity contribution is 5.76. The lowest BCUT2D eigenvalue weighted by Gasteiger charge is -2.22. The van der Waals surface area contributed by atoms with E-state index in [0.29, 0.717) is 25.9 Å². The second-order valence-electron chi connectivity index (χ2n) is 27.8. The molecule has 0 aliphatic carbocycles. The zero-order chi connectivity index (χ0) is 62.0. The highest BCUT2D eigenvalue weighted by atomic mass is 16.5. The van der Waals surface area contributed by atoms with Crippen molar-refractivity contribution in [1.82, 2.24) is 5.32 Å². The summed E-state index contributed by atoms with van der Waals surface area (Å²) in [5.41, 5.74) is 0. The van der Waals surface area contributed by atoms with Crippen molar-refractivity contribution in [1.29, 1.82) is 0 Å². The molecule has 2 atom stereocenters. The van der Waals surface area contributed by atoms with Gasteiger partial charge in [0.15, 0.2) is 0 Å². The number of allylic oxidation sites excluding steroid dienone is 2. The van der Waals surface area contributed by atoms with Gasteiger partial charge in [0.1, 0.15) is 0 Å². The molecule has 0 rings (SSSR count). The van der Waals surface area contributed by atoms with Crippen molar-refractivity contribution >= 4 is 11.9 Å². The van der Waals surface area contributed by atoms with Crippen LogP contribution in [0.15, 0.2) is 12.2 Å². The van der Waals surface area contributed by atoms with Crippen LogP contribution in [0.4, 0.5) is 0 Å². The lowest BCUT2D eigenvalue weighted by Crippen LogP contribution is -2.45. The Bertz CT molecular complexity index is 1300. The van der Waals surface area contributed by atoms with E-state index in [1.165, 1.54) is 385 Å². The minimum absolute atomic E-state index is 0.0134. The van der Waals surface area contributed by atoms with E-state index in [9.17, 15) is 19.8 Å². The fourth-order valence-electron chi connectivity index (χ4n) is 13.0. The van der Waals surface area contributed by atoms with Crippen molar-refractivity contribution in [2.24, 2.45) is 0 Å². The van der Waals surface area contributed by atoms with Crippen LogP contribution in [0.1, 0.15) is 463 Å². The van der Waals surface area contributed by atoms with Gasteiger partial charge < -0.3 is 20.3 Å². The van der Waals surface area contributed by atoms with Gasteiger partial charge in [-0.15, -0.1) is 0 Å². The SMILES string of the molecule is CCCCCCC/C=C\CCCCCCCC(=O)OCCCCCCCCCCCCCCCCCCCCCCCCCCCCCCCCCC(=O)NC(CO)C(O)CCCCCCCCCCCCCCCCCCCCCCCCCC. The summed E-state index contributed by atoms with van der Waals surface area (Å²) < 4.78 is 5.49. The molecule has 86 heavy (non-hydrogen) atoms. The van der Waals surface area contributed by atoms with E-state index in [1.54, 1.807) is 0 Å². The van der Waals surface area contributed by atoms with Crippen LogP contribution >= 0.6 is 0 Å². The van der Waals surface area contributed by atoms with Crippen LogP contribution in [0.25, 0.3) is 0 Å². The Labute approximate surface area is 539 Å². The molecule has 512 valence electrons.